The van der Waals surface area contributed by atoms with Gasteiger partial charge in [-0.25, -0.2) is 28.5 Å². The van der Waals surface area contributed by atoms with Gasteiger partial charge < -0.3 is 23.9 Å². The van der Waals surface area contributed by atoms with E-state index in [1.165, 1.54) is 35.2 Å². The van der Waals surface area contributed by atoms with Crippen LogP contribution in [0.2, 0.25) is 0 Å². The van der Waals surface area contributed by atoms with Crippen molar-refractivity contribution in [2.75, 3.05) is 34.5 Å². The summed E-state index contributed by atoms with van der Waals surface area (Å²) in [5.41, 5.74) is 0.259. The zero-order valence-electron chi connectivity index (χ0n) is 28.1. The predicted octanol–water partition coefficient (Wildman–Crippen LogP) is 1.31. The summed E-state index contributed by atoms with van der Waals surface area (Å²) in [6, 6.07) is 9.08. The zero-order chi connectivity index (χ0) is 36.6. The molecule has 2 aliphatic heterocycles. The van der Waals surface area contributed by atoms with E-state index in [1.54, 1.807) is 49.5 Å². The number of halogens is 2. The van der Waals surface area contributed by atoms with E-state index in [1.807, 2.05) is 0 Å². The van der Waals surface area contributed by atoms with E-state index in [0.29, 0.717) is 39.4 Å². The largest absolute Gasteiger partial charge is 0.493 e. The average Bonchev–Trinajstić information content (AvgIpc) is 3.45. The Labute approximate surface area is 299 Å². The number of fused-ring (bicyclic) bond motifs is 5. The SMILES string of the molecule is COc1cc2nc(CCn3c(=O)n4n(c3=O)[C@@H]3C[C@@]5(Cl)C(=O)N(C)C(=O)[C@@]5(Cl)[C@@H](c5ccccc5OCCO)C3=CC4)c(=O)n(C)c2cc1OC. The first-order valence-electron chi connectivity index (χ1n) is 16.1. The Kier molecular flexibility index (Phi) is 8.42. The lowest BCUT2D eigenvalue weighted by Crippen LogP contribution is -2.59. The van der Waals surface area contributed by atoms with Gasteiger partial charge in [0.2, 0.25) is 0 Å². The molecule has 2 fully saturated rings. The molecule has 0 radical (unpaired) electrons. The molecule has 1 saturated heterocycles. The normalized spacial score (nSPS) is 23.9. The number of ether oxygens (including phenoxy) is 3. The molecule has 0 bridgehead atoms. The maximum atomic E-state index is 14.2. The number of hydrogen-bond acceptors (Lipinski definition) is 10. The highest BCUT2D eigenvalue weighted by Crippen LogP contribution is 2.64. The highest BCUT2D eigenvalue weighted by atomic mass is 35.5. The van der Waals surface area contributed by atoms with Crippen molar-refractivity contribution in [1.82, 2.24) is 28.4 Å². The van der Waals surface area contributed by atoms with Gasteiger partial charge in [0.1, 0.15) is 18.1 Å². The van der Waals surface area contributed by atoms with E-state index >= 15 is 0 Å². The first-order valence-corrected chi connectivity index (χ1v) is 16.9. The van der Waals surface area contributed by atoms with Gasteiger partial charge in [0.25, 0.3) is 17.4 Å². The summed E-state index contributed by atoms with van der Waals surface area (Å²) < 4.78 is 21.5. The van der Waals surface area contributed by atoms with Gasteiger partial charge in [-0.3, -0.25) is 19.3 Å². The maximum Gasteiger partial charge on any atom is 0.347 e. The van der Waals surface area contributed by atoms with Crippen molar-refractivity contribution in [2.24, 2.45) is 7.05 Å². The van der Waals surface area contributed by atoms with Crippen LogP contribution in [-0.2, 0) is 36.1 Å². The average molecular weight is 742 g/mol. The third-order valence-corrected chi connectivity index (χ3v) is 11.6. The van der Waals surface area contributed by atoms with Crippen molar-refractivity contribution in [3.8, 4) is 17.2 Å². The van der Waals surface area contributed by atoms with Gasteiger partial charge in [0.05, 0.1) is 44.4 Å². The van der Waals surface area contributed by atoms with Crippen LogP contribution in [0.1, 0.15) is 29.6 Å². The quantitative estimate of drug-likeness (QED) is 0.150. The summed E-state index contributed by atoms with van der Waals surface area (Å²) in [5.74, 6) is -1.36. The first kappa shape index (κ1) is 34.6. The molecule has 4 heterocycles. The Morgan fingerprint density at radius 1 is 0.961 bits per heavy atom. The van der Waals surface area contributed by atoms with Crippen LogP contribution in [0.3, 0.4) is 0 Å². The van der Waals surface area contributed by atoms with Crippen LogP contribution in [0.5, 0.6) is 17.2 Å². The van der Waals surface area contributed by atoms with E-state index < -0.39 is 50.5 Å². The van der Waals surface area contributed by atoms with Gasteiger partial charge in [-0.05, 0) is 11.6 Å². The van der Waals surface area contributed by atoms with E-state index in [9.17, 15) is 29.1 Å². The number of carbonyl (C=O) groups excluding carboxylic acids is 2. The summed E-state index contributed by atoms with van der Waals surface area (Å²) in [4.78, 5) is 70.4. The second-order valence-electron chi connectivity index (χ2n) is 12.7. The summed E-state index contributed by atoms with van der Waals surface area (Å²) in [5, 5.41) is 9.48. The Morgan fingerprint density at radius 3 is 2.37 bits per heavy atom. The number of aromatic nitrogens is 5. The number of aryl methyl sites for hydroxylation is 2. The molecule has 268 valence electrons. The molecular formula is C34H34Cl2N6O9. The number of likely N-dealkylation sites (tertiary alicyclic amines) is 1. The highest BCUT2D eigenvalue weighted by molar-refractivity contribution is 6.53. The number of aliphatic hydroxyl groups is 1. The Morgan fingerprint density at radius 2 is 1.67 bits per heavy atom. The summed E-state index contributed by atoms with van der Waals surface area (Å²) in [6.45, 7) is -0.574. The fourth-order valence-electron chi connectivity index (χ4n) is 7.69. The number of allylic oxidation sites excluding steroid dienone is 2. The van der Waals surface area contributed by atoms with Crippen LogP contribution >= 0.6 is 23.2 Å². The lowest BCUT2D eigenvalue weighted by molar-refractivity contribution is -0.137. The topological polar surface area (TPSA) is 169 Å². The van der Waals surface area contributed by atoms with Gasteiger partial charge in [-0.1, -0.05) is 24.3 Å². The first-order chi connectivity index (χ1) is 24.3. The second-order valence-corrected chi connectivity index (χ2v) is 13.9. The van der Waals surface area contributed by atoms with Crippen LogP contribution < -0.4 is 31.1 Å². The van der Waals surface area contributed by atoms with Crippen molar-refractivity contribution in [3.63, 3.8) is 0 Å². The number of rotatable bonds is 9. The smallest absolute Gasteiger partial charge is 0.347 e. The summed E-state index contributed by atoms with van der Waals surface area (Å²) >= 11 is 14.5. The standard InChI is InChI=1S/C34H34Cl2N6O9/c1-38-22-16-26(50-4)25(49-3)15-21(22)37-20(28(38)44)10-11-40-31(47)41-12-9-18-23(42(41)32(40)48)17-33(35)29(45)39(2)30(46)34(33,36)27(18)19-7-5-6-8-24(19)51-14-13-43/h5-9,15-16,23,27,43H,10-14,17H2,1-4H3/t23-,27-,33-,34+/m1/s1. The number of nitrogens with zero attached hydrogens (tertiary/aromatic N) is 6. The summed E-state index contributed by atoms with van der Waals surface area (Å²) in [6.07, 6.45) is 1.40. The van der Waals surface area contributed by atoms with E-state index in [2.05, 4.69) is 4.98 Å². The minimum atomic E-state index is -2.01. The molecule has 51 heavy (non-hydrogen) atoms. The molecule has 1 aliphatic carbocycles. The molecule has 7 rings (SSSR count). The van der Waals surface area contributed by atoms with Crippen molar-refractivity contribution >= 4 is 46.0 Å². The van der Waals surface area contributed by atoms with Gasteiger partial charge in [-0.15, -0.1) is 23.2 Å². The van der Waals surface area contributed by atoms with Crippen molar-refractivity contribution < 1.29 is 28.9 Å². The number of hydrogen-bond donors (Lipinski definition) is 1. The van der Waals surface area contributed by atoms with Crippen LogP contribution in [-0.4, -0.2) is 89.5 Å². The van der Waals surface area contributed by atoms with E-state index in [-0.39, 0.29) is 44.8 Å². The zero-order valence-corrected chi connectivity index (χ0v) is 29.6. The molecule has 15 nitrogen and oxygen atoms in total. The van der Waals surface area contributed by atoms with Gasteiger partial charge >= 0.3 is 11.4 Å². The molecular weight excluding hydrogens is 707 g/mol. The number of aliphatic hydroxyl groups excluding tert-OH is 1. The van der Waals surface area contributed by atoms with Crippen molar-refractivity contribution in [3.05, 3.63) is 90.6 Å². The minimum Gasteiger partial charge on any atom is -0.493 e. The third kappa shape index (κ3) is 4.81. The molecule has 0 spiro atoms. The number of alkyl halides is 2. The molecule has 4 atom stereocenters. The molecule has 17 heteroatoms. The van der Waals surface area contributed by atoms with Crippen LogP contribution in [0, 0.1) is 0 Å². The monoisotopic (exact) mass is 740 g/mol. The Balaban J connectivity index is 1.31. The van der Waals surface area contributed by atoms with Crippen molar-refractivity contribution in [2.45, 2.75) is 47.6 Å². The fourth-order valence-corrected chi connectivity index (χ4v) is 8.68. The molecule has 1 N–H and O–H groups in total. The molecule has 3 aliphatic rings. The predicted molar refractivity (Wildman–Crippen MR) is 185 cm³/mol. The lowest BCUT2D eigenvalue weighted by atomic mass is 9.64. The number of methoxy groups -OCH3 is 2. The van der Waals surface area contributed by atoms with Crippen LogP contribution in [0.4, 0.5) is 0 Å². The fraction of sp³-hybridized carbons (Fsp3) is 0.412. The van der Waals surface area contributed by atoms with Gasteiger partial charge in [0.15, 0.2) is 21.2 Å². The number of carbonyl (C=O) groups is 2. The maximum absolute atomic E-state index is 14.2. The van der Waals surface area contributed by atoms with Gasteiger partial charge in [-0.2, -0.15) is 0 Å². The lowest BCUT2D eigenvalue weighted by Gasteiger charge is -2.49. The molecule has 1 saturated carbocycles. The van der Waals surface area contributed by atoms with Crippen molar-refractivity contribution in [1.29, 1.82) is 0 Å². The molecule has 0 unspecified atom stereocenters. The third-order valence-electron chi connectivity index (χ3n) is 10.2. The number of benzene rings is 2. The second kappa shape index (κ2) is 12.4. The Hall–Kier alpha value is -4.86. The minimum absolute atomic E-state index is 0.0543. The summed E-state index contributed by atoms with van der Waals surface area (Å²) in [7, 11) is 5.86. The Bertz CT molecular complexity index is 2340. The van der Waals surface area contributed by atoms with Gasteiger partial charge in [0, 0.05) is 57.1 Å². The van der Waals surface area contributed by atoms with Crippen LogP contribution in [0.25, 0.3) is 11.0 Å². The highest BCUT2D eigenvalue weighted by Gasteiger charge is 2.75. The molecule has 2 aromatic heterocycles. The number of amides is 2. The van der Waals surface area contributed by atoms with E-state index in [4.69, 9.17) is 37.4 Å². The van der Waals surface area contributed by atoms with Crippen LogP contribution in [0.15, 0.2) is 62.4 Å². The van der Waals surface area contributed by atoms with E-state index in [0.717, 1.165) is 9.47 Å². The molecule has 2 aromatic carbocycles. The molecule has 4 aromatic rings. The number of imide groups is 1. The molecule has 2 amide bonds. The number of para-hydroxylation sites is 1.